The van der Waals surface area contributed by atoms with Crippen molar-refractivity contribution in [3.63, 3.8) is 0 Å². The van der Waals surface area contributed by atoms with Crippen LogP contribution in [-0.4, -0.2) is 20.4 Å². The molecule has 49 heavy (non-hydrogen) atoms. The van der Waals surface area contributed by atoms with E-state index in [1.807, 2.05) is 30.3 Å². The molecule has 5 heteroatoms. The van der Waals surface area contributed by atoms with Crippen molar-refractivity contribution in [1.82, 2.24) is 14.4 Å². The Hall–Kier alpha value is -6.46. The molecule has 1 aliphatic heterocycles. The zero-order chi connectivity index (χ0) is 31.8. The molecule has 0 bridgehead atoms. The molecule has 0 saturated carbocycles. The molecule has 5 nitrogen and oxygen atoms in total. The number of benzene rings is 6. The fourth-order valence-corrected chi connectivity index (χ4v) is 8.76. The minimum atomic E-state index is 0.226. The highest BCUT2D eigenvalue weighted by molar-refractivity contribution is 6.34. The lowest BCUT2D eigenvalue weighted by Gasteiger charge is -2.29. The fourth-order valence-electron chi connectivity index (χ4n) is 8.76. The highest BCUT2D eigenvalue weighted by Crippen LogP contribution is 2.50. The Labute approximate surface area is 280 Å². The van der Waals surface area contributed by atoms with Gasteiger partial charge in [0.15, 0.2) is 5.65 Å². The number of hydrogen-bond acceptors (Lipinski definition) is 4. The predicted octanol–water partition coefficient (Wildman–Crippen LogP) is 10.9. The fraction of sp³-hybridized carbons (Fsp3) is 0.0455. The van der Waals surface area contributed by atoms with Gasteiger partial charge in [0.25, 0.3) is 0 Å². The van der Waals surface area contributed by atoms with Crippen molar-refractivity contribution in [2.24, 2.45) is 0 Å². The molecule has 0 fully saturated rings. The Morgan fingerprint density at radius 1 is 0.633 bits per heavy atom. The van der Waals surface area contributed by atoms with Gasteiger partial charge in [-0.3, -0.25) is 4.40 Å². The van der Waals surface area contributed by atoms with Crippen LogP contribution in [0.4, 0.5) is 11.4 Å². The smallest absolute Gasteiger partial charge is 0.165 e. The van der Waals surface area contributed by atoms with Crippen LogP contribution in [0.3, 0.4) is 0 Å². The van der Waals surface area contributed by atoms with Crippen LogP contribution in [0, 0.1) is 0 Å². The molecule has 0 amide bonds. The summed E-state index contributed by atoms with van der Waals surface area (Å²) >= 11 is 0. The highest BCUT2D eigenvalue weighted by Gasteiger charge is 2.38. The maximum Gasteiger partial charge on any atom is 0.165 e. The molecular formula is C44H26N4O. The van der Waals surface area contributed by atoms with Gasteiger partial charge in [0.1, 0.15) is 16.7 Å². The lowest BCUT2D eigenvalue weighted by atomic mass is 9.86. The van der Waals surface area contributed by atoms with Crippen molar-refractivity contribution >= 4 is 88.3 Å². The van der Waals surface area contributed by atoms with Gasteiger partial charge in [-0.05, 0) is 71.3 Å². The molecule has 10 aromatic rings. The van der Waals surface area contributed by atoms with Crippen molar-refractivity contribution in [3.8, 4) is 0 Å². The van der Waals surface area contributed by atoms with E-state index in [2.05, 4.69) is 125 Å². The summed E-state index contributed by atoms with van der Waals surface area (Å²) in [6.45, 7) is 0. The summed E-state index contributed by atoms with van der Waals surface area (Å²) in [7, 11) is 0. The maximum atomic E-state index is 6.54. The van der Waals surface area contributed by atoms with Gasteiger partial charge in [-0.2, -0.15) is 0 Å². The van der Waals surface area contributed by atoms with Gasteiger partial charge >= 0.3 is 0 Å². The van der Waals surface area contributed by atoms with E-state index in [1.54, 1.807) is 0 Å². The summed E-state index contributed by atoms with van der Waals surface area (Å²) in [5, 5.41) is 5.72. The van der Waals surface area contributed by atoms with E-state index in [0.29, 0.717) is 0 Å². The van der Waals surface area contributed by atoms with Gasteiger partial charge in [-0.1, -0.05) is 91.0 Å². The first kappa shape index (κ1) is 25.6. The van der Waals surface area contributed by atoms with Gasteiger partial charge in [0, 0.05) is 44.2 Å². The first-order valence-corrected chi connectivity index (χ1v) is 16.8. The Morgan fingerprint density at radius 2 is 1.43 bits per heavy atom. The molecular weight excluding hydrogens is 601 g/mol. The second-order valence-corrected chi connectivity index (χ2v) is 13.3. The van der Waals surface area contributed by atoms with Crippen LogP contribution >= 0.6 is 0 Å². The SMILES string of the molecule is C1=CC2C(C=C1c1ccc3c(c1)c1c4c(cc5c6nc7ccccc7nc6n3c51)oc1ccccc14)c1ccccc1N2c1ccccc1. The highest BCUT2D eigenvalue weighted by atomic mass is 16.3. The van der Waals surface area contributed by atoms with Crippen molar-refractivity contribution in [1.29, 1.82) is 0 Å². The summed E-state index contributed by atoms with van der Waals surface area (Å²) in [6, 6.07) is 45.4. The van der Waals surface area contributed by atoms with Crippen molar-refractivity contribution in [3.05, 3.63) is 157 Å². The monoisotopic (exact) mass is 626 g/mol. The number of hydrogen-bond donors (Lipinski definition) is 0. The van der Waals surface area contributed by atoms with Crippen molar-refractivity contribution in [2.45, 2.75) is 12.0 Å². The average Bonchev–Trinajstić information content (AvgIpc) is 3.88. The normalized spacial score (nSPS) is 17.4. The van der Waals surface area contributed by atoms with Crippen molar-refractivity contribution < 1.29 is 4.42 Å². The van der Waals surface area contributed by atoms with Crippen LogP contribution in [0.2, 0.25) is 0 Å². The number of rotatable bonds is 2. The Morgan fingerprint density at radius 3 is 2.35 bits per heavy atom. The molecule has 0 spiro atoms. The molecule has 0 N–H and O–H groups in total. The van der Waals surface area contributed by atoms with Crippen LogP contribution in [0.25, 0.3) is 76.9 Å². The minimum Gasteiger partial charge on any atom is -0.456 e. The summed E-state index contributed by atoms with van der Waals surface area (Å²) < 4.78 is 8.86. The van der Waals surface area contributed by atoms with Gasteiger partial charge in [0.05, 0.1) is 28.1 Å². The second-order valence-electron chi connectivity index (χ2n) is 13.3. The minimum absolute atomic E-state index is 0.226. The first-order valence-electron chi connectivity index (χ1n) is 16.8. The molecule has 0 saturated heterocycles. The van der Waals surface area contributed by atoms with Crippen LogP contribution in [0.15, 0.2) is 150 Å². The molecule has 2 atom stereocenters. The van der Waals surface area contributed by atoms with E-state index >= 15 is 0 Å². The lowest BCUT2D eigenvalue weighted by Crippen LogP contribution is -2.28. The van der Waals surface area contributed by atoms with Crippen LogP contribution < -0.4 is 4.90 Å². The molecule has 2 aliphatic rings. The zero-order valence-electron chi connectivity index (χ0n) is 26.2. The van der Waals surface area contributed by atoms with Gasteiger partial charge in [-0.15, -0.1) is 0 Å². The van der Waals surface area contributed by atoms with Gasteiger partial charge < -0.3 is 9.32 Å². The largest absolute Gasteiger partial charge is 0.456 e. The third-order valence-corrected chi connectivity index (χ3v) is 10.8. The number of nitrogens with zero attached hydrogens (tertiary/aromatic N) is 4. The number of fused-ring (bicyclic) bond motifs is 14. The second kappa shape index (κ2) is 9.12. The predicted molar refractivity (Wildman–Crippen MR) is 200 cm³/mol. The molecule has 5 heterocycles. The molecule has 0 radical (unpaired) electrons. The summed E-state index contributed by atoms with van der Waals surface area (Å²) in [4.78, 5) is 12.8. The van der Waals surface area contributed by atoms with Crippen LogP contribution in [-0.2, 0) is 0 Å². The van der Waals surface area contributed by atoms with Crippen LogP contribution in [0.5, 0.6) is 0 Å². The van der Waals surface area contributed by atoms with Gasteiger partial charge in [0.2, 0.25) is 0 Å². The summed E-state index contributed by atoms with van der Waals surface area (Å²) in [5.41, 5.74) is 13.9. The van der Waals surface area contributed by atoms with E-state index in [9.17, 15) is 0 Å². The number of para-hydroxylation sites is 5. The number of anilines is 2. The molecule has 6 aromatic carbocycles. The zero-order valence-corrected chi connectivity index (χ0v) is 26.2. The Kier molecular flexibility index (Phi) is 4.76. The molecule has 2 unspecified atom stereocenters. The molecule has 4 aromatic heterocycles. The van der Waals surface area contributed by atoms with E-state index in [4.69, 9.17) is 14.4 Å². The van der Waals surface area contributed by atoms with Gasteiger partial charge in [-0.25, -0.2) is 9.97 Å². The number of allylic oxidation sites excluding steroid dienone is 2. The Bertz CT molecular complexity index is 3080. The molecule has 1 aliphatic carbocycles. The first-order chi connectivity index (χ1) is 24.3. The standard InChI is InChI=1S/C44H26N4O/c1-2-10-27(11-3-1)47-35-16-8-4-12-28(35)30-22-25(18-20-36(30)47)26-19-21-37-31(23-26)41-40-29-13-5-9-17-38(29)49-39(40)24-32-42-44(48(37)43(32)41)46-34-15-7-6-14-33(34)45-42/h1-24,30,36H. The Balaban J connectivity index is 1.13. The van der Waals surface area contributed by atoms with E-state index in [1.165, 1.54) is 38.8 Å². The summed E-state index contributed by atoms with van der Waals surface area (Å²) in [5.74, 6) is 0.249. The molecule has 12 rings (SSSR count). The van der Waals surface area contributed by atoms with Crippen LogP contribution in [0.1, 0.15) is 17.0 Å². The average molecular weight is 627 g/mol. The third-order valence-electron chi connectivity index (χ3n) is 10.8. The van der Waals surface area contributed by atoms with E-state index in [0.717, 1.165) is 60.6 Å². The van der Waals surface area contributed by atoms with E-state index in [-0.39, 0.29) is 12.0 Å². The molecule has 228 valence electrons. The maximum absolute atomic E-state index is 6.54. The lowest BCUT2D eigenvalue weighted by molar-refractivity contribution is 0.669. The summed E-state index contributed by atoms with van der Waals surface area (Å²) in [6.07, 6.45) is 7.18. The third kappa shape index (κ3) is 3.29. The van der Waals surface area contributed by atoms with E-state index < -0.39 is 0 Å². The topological polar surface area (TPSA) is 46.6 Å². The number of aromatic nitrogens is 3. The number of furan rings is 1. The van der Waals surface area contributed by atoms with Crippen molar-refractivity contribution in [2.75, 3.05) is 4.90 Å². The quantitative estimate of drug-likeness (QED) is 0.192.